The molecular weight excluding hydrogens is 300 g/mol. The second-order valence-electron chi connectivity index (χ2n) is 5.83. The number of anilines is 1. The number of aromatic nitrogens is 2. The molecule has 2 rings (SSSR count). The SMILES string of the molecule is CCCCCS(=O)(=O)N1CCN(c2nc(C)cnc2C)CC1. The molecule has 6 nitrogen and oxygen atoms in total. The molecule has 1 saturated heterocycles. The fraction of sp³-hybridized carbons (Fsp3) is 0.733. The summed E-state index contributed by atoms with van der Waals surface area (Å²) in [4.78, 5) is 11.0. The summed E-state index contributed by atoms with van der Waals surface area (Å²) in [6, 6.07) is 0. The van der Waals surface area contributed by atoms with Gasteiger partial charge in [-0.25, -0.2) is 13.4 Å². The van der Waals surface area contributed by atoms with Gasteiger partial charge in [-0.05, 0) is 20.3 Å². The van der Waals surface area contributed by atoms with E-state index in [-0.39, 0.29) is 5.75 Å². The lowest BCUT2D eigenvalue weighted by molar-refractivity contribution is 0.382. The van der Waals surface area contributed by atoms with E-state index in [0.29, 0.717) is 26.2 Å². The van der Waals surface area contributed by atoms with E-state index in [4.69, 9.17) is 0 Å². The molecule has 0 spiro atoms. The molecule has 0 atom stereocenters. The van der Waals surface area contributed by atoms with Crippen molar-refractivity contribution in [1.29, 1.82) is 0 Å². The van der Waals surface area contributed by atoms with Gasteiger partial charge in [0.2, 0.25) is 10.0 Å². The number of unbranched alkanes of at least 4 members (excludes halogenated alkanes) is 2. The third-order valence-corrected chi connectivity index (χ3v) is 5.94. The average molecular weight is 326 g/mol. The molecule has 0 unspecified atom stereocenters. The van der Waals surface area contributed by atoms with Crippen molar-refractivity contribution < 1.29 is 8.42 Å². The molecule has 22 heavy (non-hydrogen) atoms. The molecule has 1 aromatic rings. The second-order valence-corrected chi connectivity index (χ2v) is 7.92. The number of aryl methyl sites for hydroxylation is 2. The maximum Gasteiger partial charge on any atom is 0.214 e. The smallest absolute Gasteiger partial charge is 0.214 e. The molecule has 1 aliphatic rings. The first kappa shape index (κ1) is 17.1. The number of piperazine rings is 1. The first-order valence-corrected chi connectivity index (χ1v) is 9.58. The van der Waals surface area contributed by atoms with Gasteiger partial charge in [0.1, 0.15) is 5.82 Å². The van der Waals surface area contributed by atoms with Crippen molar-refractivity contribution in [3.05, 3.63) is 17.6 Å². The minimum atomic E-state index is -3.11. The first-order chi connectivity index (χ1) is 10.4. The summed E-state index contributed by atoms with van der Waals surface area (Å²) in [7, 11) is -3.11. The van der Waals surface area contributed by atoms with Gasteiger partial charge >= 0.3 is 0 Å². The standard InChI is InChI=1S/C15H26N4O2S/c1-4-5-6-11-22(20,21)19-9-7-18(8-10-19)15-14(3)16-12-13(2)17-15/h12H,4-11H2,1-3H3. The first-order valence-electron chi connectivity index (χ1n) is 7.97. The van der Waals surface area contributed by atoms with Crippen molar-refractivity contribution in [3.8, 4) is 0 Å². The Morgan fingerprint density at radius 2 is 1.82 bits per heavy atom. The van der Waals surface area contributed by atoms with Gasteiger partial charge in [0.15, 0.2) is 0 Å². The zero-order valence-corrected chi connectivity index (χ0v) is 14.6. The van der Waals surface area contributed by atoms with Gasteiger partial charge in [0.25, 0.3) is 0 Å². The Morgan fingerprint density at radius 3 is 2.45 bits per heavy atom. The normalized spacial score (nSPS) is 17.0. The Labute approximate surface area is 133 Å². The van der Waals surface area contributed by atoms with Crippen molar-refractivity contribution >= 4 is 15.8 Å². The van der Waals surface area contributed by atoms with E-state index in [1.165, 1.54) is 0 Å². The van der Waals surface area contributed by atoms with Gasteiger partial charge in [0.05, 0.1) is 17.1 Å². The van der Waals surface area contributed by atoms with Gasteiger partial charge in [0, 0.05) is 32.4 Å². The quantitative estimate of drug-likeness (QED) is 0.745. The maximum absolute atomic E-state index is 12.3. The summed E-state index contributed by atoms with van der Waals surface area (Å²) in [6.07, 6.45) is 4.51. The van der Waals surface area contributed by atoms with Crippen molar-refractivity contribution in [1.82, 2.24) is 14.3 Å². The van der Waals surface area contributed by atoms with Crippen molar-refractivity contribution in [2.75, 3.05) is 36.8 Å². The summed E-state index contributed by atoms with van der Waals surface area (Å²) in [5, 5.41) is 0. The Hall–Kier alpha value is -1.21. The molecule has 1 aliphatic heterocycles. The van der Waals surface area contributed by atoms with Gasteiger partial charge < -0.3 is 4.90 Å². The fourth-order valence-corrected chi connectivity index (χ4v) is 4.21. The lowest BCUT2D eigenvalue weighted by Crippen LogP contribution is -2.49. The van der Waals surface area contributed by atoms with E-state index >= 15 is 0 Å². The maximum atomic E-state index is 12.3. The summed E-state index contributed by atoms with van der Waals surface area (Å²) in [5.41, 5.74) is 1.78. The van der Waals surface area contributed by atoms with Crippen LogP contribution in [0.2, 0.25) is 0 Å². The molecule has 0 radical (unpaired) electrons. The summed E-state index contributed by atoms with van der Waals surface area (Å²) in [5.74, 6) is 1.15. The van der Waals surface area contributed by atoms with Crippen LogP contribution in [0.1, 0.15) is 37.6 Å². The number of hydrogen-bond donors (Lipinski definition) is 0. The summed E-state index contributed by atoms with van der Waals surface area (Å²) in [6.45, 7) is 8.35. The van der Waals surface area contributed by atoms with Crippen molar-refractivity contribution in [2.24, 2.45) is 0 Å². The van der Waals surface area contributed by atoms with Crippen LogP contribution in [0.5, 0.6) is 0 Å². The molecule has 0 aromatic carbocycles. The van der Waals surface area contributed by atoms with E-state index in [1.807, 2.05) is 13.8 Å². The Morgan fingerprint density at radius 1 is 1.14 bits per heavy atom. The van der Waals surface area contributed by atoms with Crippen LogP contribution in [-0.4, -0.2) is 54.6 Å². The van der Waals surface area contributed by atoms with E-state index in [2.05, 4.69) is 21.8 Å². The monoisotopic (exact) mass is 326 g/mol. The predicted octanol–water partition coefficient (Wildman–Crippen LogP) is 1.74. The highest BCUT2D eigenvalue weighted by Crippen LogP contribution is 2.19. The Bertz CT molecular complexity index is 596. The molecule has 2 heterocycles. The van der Waals surface area contributed by atoms with Crippen LogP contribution in [0.25, 0.3) is 0 Å². The van der Waals surface area contributed by atoms with Crippen molar-refractivity contribution in [3.63, 3.8) is 0 Å². The molecule has 1 fully saturated rings. The lowest BCUT2D eigenvalue weighted by Gasteiger charge is -2.35. The Kier molecular flexibility index (Phi) is 5.74. The highest BCUT2D eigenvalue weighted by atomic mass is 32.2. The van der Waals surface area contributed by atoms with Gasteiger partial charge in [-0.1, -0.05) is 19.8 Å². The molecule has 0 bridgehead atoms. The number of sulfonamides is 1. The average Bonchev–Trinajstić information content (AvgIpc) is 2.50. The zero-order chi connectivity index (χ0) is 16.2. The molecule has 1 aromatic heterocycles. The minimum absolute atomic E-state index is 0.268. The highest BCUT2D eigenvalue weighted by molar-refractivity contribution is 7.89. The lowest BCUT2D eigenvalue weighted by atomic mass is 10.3. The number of rotatable bonds is 6. The van der Waals surface area contributed by atoms with E-state index < -0.39 is 10.0 Å². The number of nitrogens with zero attached hydrogens (tertiary/aromatic N) is 4. The molecular formula is C15H26N4O2S. The summed E-state index contributed by atoms with van der Waals surface area (Å²) >= 11 is 0. The van der Waals surface area contributed by atoms with Gasteiger partial charge in [-0.15, -0.1) is 0 Å². The molecule has 0 N–H and O–H groups in total. The van der Waals surface area contributed by atoms with Crippen LogP contribution in [-0.2, 0) is 10.0 Å². The molecule has 124 valence electrons. The minimum Gasteiger partial charge on any atom is -0.352 e. The molecule has 7 heteroatoms. The highest BCUT2D eigenvalue weighted by Gasteiger charge is 2.27. The second kappa shape index (κ2) is 7.37. The zero-order valence-electron chi connectivity index (χ0n) is 13.7. The van der Waals surface area contributed by atoms with Gasteiger partial charge in [-0.2, -0.15) is 4.31 Å². The van der Waals surface area contributed by atoms with Crippen LogP contribution in [0, 0.1) is 13.8 Å². The predicted molar refractivity (Wildman–Crippen MR) is 88.6 cm³/mol. The van der Waals surface area contributed by atoms with E-state index in [1.54, 1.807) is 10.5 Å². The van der Waals surface area contributed by atoms with Crippen LogP contribution in [0.4, 0.5) is 5.82 Å². The molecule has 0 amide bonds. The van der Waals surface area contributed by atoms with E-state index in [9.17, 15) is 8.42 Å². The Balaban J connectivity index is 1.96. The van der Waals surface area contributed by atoms with Crippen LogP contribution in [0.15, 0.2) is 6.20 Å². The van der Waals surface area contributed by atoms with Gasteiger partial charge in [-0.3, -0.25) is 4.98 Å². The van der Waals surface area contributed by atoms with E-state index in [0.717, 1.165) is 36.5 Å². The van der Waals surface area contributed by atoms with Crippen molar-refractivity contribution in [2.45, 2.75) is 40.0 Å². The summed E-state index contributed by atoms with van der Waals surface area (Å²) < 4.78 is 26.2. The molecule has 0 aliphatic carbocycles. The molecule has 0 saturated carbocycles. The fourth-order valence-electron chi connectivity index (χ4n) is 2.67. The van der Waals surface area contributed by atoms with Crippen LogP contribution in [0.3, 0.4) is 0 Å². The third kappa shape index (κ3) is 4.16. The topological polar surface area (TPSA) is 66.4 Å². The third-order valence-electron chi connectivity index (χ3n) is 3.99. The van der Waals surface area contributed by atoms with Crippen LogP contribution >= 0.6 is 0 Å². The largest absolute Gasteiger partial charge is 0.352 e. The number of hydrogen-bond acceptors (Lipinski definition) is 5. The van der Waals surface area contributed by atoms with Crippen LogP contribution < -0.4 is 4.90 Å².